The number of carbonyl (C=O) groups is 3. The molecule has 2 fully saturated rings. The predicted octanol–water partition coefficient (Wildman–Crippen LogP) is 3.60. The van der Waals surface area contributed by atoms with E-state index in [1.165, 1.54) is 11.8 Å². The third-order valence-electron chi connectivity index (χ3n) is 7.65. The van der Waals surface area contributed by atoms with Gasteiger partial charge in [0.05, 0.1) is 30.9 Å². The number of rotatable bonds is 10. The number of nitrogens with zero attached hydrogens (tertiary/aromatic N) is 5. The molecule has 0 spiro atoms. The van der Waals surface area contributed by atoms with Gasteiger partial charge >= 0.3 is 6.09 Å². The molecule has 238 valence electrons. The first-order chi connectivity index (χ1) is 22.4. The van der Waals surface area contributed by atoms with Gasteiger partial charge in [-0.25, -0.2) is 14.4 Å². The first kappa shape index (κ1) is 31.4. The van der Waals surface area contributed by atoms with Crippen LogP contribution in [0.1, 0.15) is 47.5 Å². The molecule has 0 aliphatic carbocycles. The number of ether oxygens (including phenoxy) is 3. The van der Waals surface area contributed by atoms with E-state index >= 15 is 0 Å². The fourth-order valence-electron chi connectivity index (χ4n) is 5.27. The molecule has 1 unspecified atom stereocenters. The lowest BCUT2D eigenvalue weighted by molar-refractivity contribution is -0.245. The van der Waals surface area contributed by atoms with Crippen LogP contribution in [0.15, 0.2) is 84.0 Å². The SMILES string of the molecule is Cn1nnnc1SC[C@@H]1C[C@H](c2ccc(CO)cc2)O[C@H](c2cccc(N3C(=O)CC(NC(=O)OCc4ccccc4)C3=O)c2)O1. The lowest BCUT2D eigenvalue weighted by Gasteiger charge is -2.36. The number of anilines is 1. The number of carbonyl (C=O) groups excluding carboxylic acids is 3. The van der Waals surface area contributed by atoms with Crippen molar-refractivity contribution in [1.82, 2.24) is 25.5 Å². The van der Waals surface area contributed by atoms with Crippen molar-refractivity contribution in [2.45, 2.75) is 55.8 Å². The summed E-state index contributed by atoms with van der Waals surface area (Å²) in [5.41, 5.74) is 3.47. The van der Waals surface area contributed by atoms with Crippen molar-refractivity contribution in [1.29, 1.82) is 0 Å². The fourth-order valence-corrected chi connectivity index (χ4v) is 6.13. The molecular weight excluding hydrogens is 612 g/mol. The number of tetrazole rings is 1. The molecule has 4 aromatic rings. The van der Waals surface area contributed by atoms with Crippen LogP contribution in [-0.4, -0.2) is 61.1 Å². The highest BCUT2D eigenvalue weighted by molar-refractivity contribution is 7.99. The molecule has 3 amide bonds. The Bertz CT molecular complexity index is 1690. The summed E-state index contributed by atoms with van der Waals surface area (Å²) in [6.45, 7) is -0.0231. The Labute approximate surface area is 268 Å². The van der Waals surface area contributed by atoms with Crippen LogP contribution in [-0.2, 0) is 44.1 Å². The van der Waals surface area contributed by atoms with Crippen molar-refractivity contribution >= 4 is 35.4 Å². The van der Waals surface area contributed by atoms with Crippen LogP contribution in [0, 0.1) is 0 Å². The summed E-state index contributed by atoms with van der Waals surface area (Å²) in [5.74, 6) is -0.456. The summed E-state index contributed by atoms with van der Waals surface area (Å²) < 4.78 is 19.7. The molecule has 3 heterocycles. The Morgan fingerprint density at radius 3 is 2.57 bits per heavy atom. The minimum Gasteiger partial charge on any atom is -0.445 e. The third kappa shape index (κ3) is 7.26. The van der Waals surface area contributed by atoms with Crippen molar-refractivity contribution in [3.8, 4) is 0 Å². The van der Waals surface area contributed by atoms with E-state index in [4.69, 9.17) is 14.2 Å². The van der Waals surface area contributed by atoms with Gasteiger partial charge in [0.25, 0.3) is 5.91 Å². The van der Waals surface area contributed by atoms with Crippen molar-refractivity contribution in [2.75, 3.05) is 10.7 Å². The van der Waals surface area contributed by atoms with Crippen molar-refractivity contribution in [3.05, 3.63) is 101 Å². The minimum absolute atomic E-state index is 0.0379. The van der Waals surface area contributed by atoms with E-state index < -0.39 is 30.2 Å². The highest BCUT2D eigenvalue weighted by Gasteiger charge is 2.41. The number of imide groups is 1. The number of hydrogen-bond acceptors (Lipinski definition) is 11. The topological polar surface area (TPSA) is 158 Å². The highest BCUT2D eigenvalue weighted by Crippen LogP contribution is 2.40. The van der Waals surface area contributed by atoms with E-state index in [1.54, 1.807) is 29.9 Å². The summed E-state index contributed by atoms with van der Waals surface area (Å²) in [6.07, 6.45) is -1.81. The van der Waals surface area contributed by atoms with Gasteiger partial charge in [-0.1, -0.05) is 78.5 Å². The highest BCUT2D eigenvalue weighted by atomic mass is 32.2. The second-order valence-corrected chi connectivity index (χ2v) is 11.9. The number of thioether (sulfide) groups is 1. The van der Waals surface area contributed by atoms with Crippen LogP contribution >= 0.6 is 11.8 Å². The van der Waals surface area contributed by atoms with Crippen LogP contribution in [0.2, 0.25) is 0 Å². The predicted molar refractivity (Wildman–Crippen MR) is 165 cm³/mol. The zero-order chi connectivity index (χ0) is 32.0. The zero-order valence-corrected chi connectivity index (χ0v) is 25.7. The third-order valence-corrected chi connectivity index (χ3v) is 8.79. The Morgan fingerprint density at radius 2 is 1.83 bits per heavy atom. The molecule has 4 atom stereocenters. The van der Waals surface area contributed by atoms with Gasteiger partial charge in [-0.3, -0.25) is 9.59 Å². The van der Waals surface area contributed by atoms with E-state index in [2.05, 4.69) is 20.8 Å². The Hall–Kier alpha value is -4.63. The van der Waals surface area contributed by atoms with Gasteiger partial charge in [-0.05, 0) is 39.2 Å². The van der Waals surface area contributed by atoms with Gasteiger partial charge in [0, 0.05) is 24.8 Å². The Morgan fingerprint density at radius 1 is 1.02 bits per heavy atom. The summed E-state index contributed by atoms with van der Waals surface area (Å²) in [7, 11) is 1.77. The van der Waals surface area contributed by atoms with E-state index in [0.29, 0.717) is 28.6 Å². The number of aliphatic hydroxyl groups is 1. The molecule has 13 nitrogen and oxygen atoms in total. The summed E-state index contributed by atoms with van der Waals surface area (Å²) in [4.78, 5) is 39.8. The van der Waals surface area contributed by atoms with Crippen molar-refractivity contribution in [2.24, 2.45) is 7.05 Å². The van der Waals surface area contributed by atoms with Gasteiger partial charge in [0.2, 0.25) is 11.1 Å². The van der Waals surface area contributed by atoms with Gasteiger partial charge in [-0.15, -0.1) is 5.10 Å². The molecule has 2 N–H and O–H groups in total. The number of benzene rings is 3. The molecular formula is C32H32N6O7S. The number of aromatic nitrogens is 4. The van der Waals surface area contributed by atoms with Crippen LogP contribution < -0.4 is 10.2 Å². The van der Waals surface area contributed by atoms with Crippen LogP contribution in [0.25, 0.3) is 0 Å². The van der Waals surface area contributed by atoms with Crippen molar-refractivity contribution < 1.29 is 33.7 Å². The maximum atomic E-state index is 13.3. The van der Waals surface area contributed by atoms with E-state index in [1.807, 2.05) is 60.7 Å². The maximum absolute atomic E-state index is 13.3. The Balaban J connectivity index is 1.16. The minimum atomic E-state index is -1.05. The molecule has 2 saturated heterocycles. The van der Waals surface area contributed by atoms with Gasteiger partial charge < -0.3 is 24.6 Å². The first-order valence-electron chi connectivity index (χ1n) is 14.7. The van der Waals surface area contributed by atoms with Gasteiger partial charge in [0.1, 0.15) is 12.6 Å². The number of amides is 3. The number of alkyl carbamates (subject to hydrolysis) is 1. The standard InChI is InChI=1S/C32H32N6O7S/c1-37-31(34-35-36-37)46-19-25-15-27(22-12-10-20(17-39)11-13-22)45-30(44-25)23-8-5-9-24(14-23)38-28(40)16-26(29(38)41)33-32(42)43-18-21-6-3-2-4-7-21/h2-14,25-27,30,39H,15-19H2,1H3,(H,33,42)/t25-,26?,27+,30+/m0/s1. The molecule has 46 heavy (non-hydrogen) atoms. The normalized spacial score (nSPS) is 21.4. The van der Waals surface area contributed by atoms with E-state index in [9.17, 15) is 19.5 Å². The van der Waals surface area contributed by atoms with Crippen molar-refractivity contribution in [3.63, 3.8) is 0 Å². The molecule has 0 saturated carbocycles. The first-order valence-corrected chi connectivity index (χ1v) is 15.7. The van der Waals surface area contributed by atoms with Crippen LogP contribution in [0.4, 0.5) is 10.5 Å². The fraction of sp³-hybridized carbons (Fsp3) is 0.312. The zero-order valence-electron chi connectivity index (χ0n) is 24.9. The largest absolute Gasteiger partial charge is 0.445 e. The number of nitrogens with one attached hydrogen (secondary N) is 1. The smallest absolute Gasteiger partial charge is 0.408 e. The van der Waals surface area contributed by atoms with Crippen LogP contribution in [0.3, 0.4) is 0 Å². The number of aryl methyl sites for hydroxylation is 1. The Kier molecular flexibility index (Phi) is 9.68. The molecule has 2 aliphatic heterocycles. The number of hydrogen-bond donors (Lipinski definition) is 2. The number of aliphatic hydroxyl groups excluding tert-OH is 1. The molecule has 0 radical (unpaired) electrons. The maximum Gasteiger partial charge on any atom is 0.408 e. The van der Waals surface area contributed by atoms with Crippen LogP contribution in [0.5, 0.6) is 0 Å². The summed E-state index contributed by atoms with van der Waals surface area (Å²) in [6, 6.07) is 22.5. The molecule has 1 aromatic heterocycles. The van der Waals surface area contributed by atoms with E-state index in [-0.39, 0.29) is 31.8 Å². The second kappa shape index (κ2) is 14.2. The van der Waals surface area contributed by atoms with E-state index in [0.717, 1.165) is 21.6 Å². The second-order valence-electron chi connectivity index (χ2n) is 10.9. The average molecular weight is 645 g/mol. The van der Waals surface area contributed by atoms with Gasteiger partial charge in [-0.2, -0.15) is 0 Å². The lowest BCUT2D eigenvalue weighted by atomic mass is 10.0. The quantitative estimate of drug-likeness (QED) is 0.192. The molecule has 0 bridgehead atoms. The lowest BCUT2D eigenvalue weighted by Crippen LogP contribution is -2.42. The molecule has 6 rings (SSSR count). The monoisotopic (exact) mass is 644 g/mol. The summed E-state index contributed by atoms with van der Waals surface area (Å²) in [5, 5.41) is 24.3. The molecule has 14 heteroatoms. The summed E-state index contributed by atoms with van der Waals surface area (Å²) >= 11 is 1.46. The average Bonchev–Trinajstić information content (AvgIpc) is 3.63. The molecule has 3 aromatic carbocycles. The van der Waals surface area contributed by atoms with Gasteiger partial charge in [0.15, 0.2) is 6.29 Å². The molecule has 2 aliphatic rings.